The third kappa shape index (κ3) is 4.55. The van der Waals surface area contributed by atoms with Crippen molar-refractivity contribution >= 4 is 23.4 Å². The predicted molar refractivity (Wildman–Crippen MR) is 78.9 cm³/mol. The number of ether oxygens (including phenoxy) is 1. The Labute approximate surface area is 118 Å². The number of anilines is 2. The molecule has 0 saturated heterocycles. The average molecular weight is 279 g/mol. The second-order valence-electron chi connectivity index (χ2n) is 4.80. The van der Waals surface area contributed by atoms with Crippen molar-refractivity contribution < 1.29 is 14.3 Å². The van der Waals surface area contributed by atoms with Crippen LogP contribution in [-0.4, -0.2) is 31.2 Å². The van der Waals surface area contributed by atoms with E-state index in [1.54, 1.807) is 24.3 Å². The summed E-state index contributed by atoms with van der Waals surface area (Å²) in [6.45, 7) is 6.29. The maximum Gasteiger partial charge on any atom is 0.411 e. The third-order valence-corrected chi connectivity index (χ3v) is 2.76. The van der Waals surface area contributed by atoms with Crippen molar-refractivity contribution in [3.8, 4) is 0 Å². The summed E-state index contributed by atoms with van der Waals surface area (Å²) in [4.78, 5) is 23.1. The molecule has 1 rings (SSSR count). The minimum atomic E-state index is -0.641. The van der Waals surface area contributed by atoms with Gasteiger partial charge < -0.3 is 15.4 Å². The summed E-state index contributed by atoms with van der Waals surface area (Å²) in [6, 6.07) is 6.80. The van der Waals surface area contributed by atoms with Crippen molar-refractivity contribution in [2.24, 2.45) is 0 Å². The van der Waals surface area contributed by atoms with Gasteiger partial charge in [0.15, 0.2) is 0 Å². The summed E-state index contributed by atoms with van der Waals surface area (Å²) in [7, 11) is 1.30. The van der Waals surface area contributed by atoms with Crippen molar-refractivity contribution in [2.75, 3.05) is 24.3 Å². The van der Waals surface area contributed by atoms with Crippen molar-refractivity contribution in [3.05, 3.63) is 24.3 Å². The number of likely N-dealkylation sites (N-methyl/N-ethyl adjacent to an activating group) is 1. The maximum absolute atomic E-state index is 12.1. The van der Waals surface area contributed by atoms with Gasteiger partial charge in [0, 0.05) is 11.4 Å². The van der Waals surface area contributed by atoms with E-state index in [0.29, 0.717) is 17.9 Å². The smallest absolute Gasteiger partial charge is 0.411 e. The normalized spacial score (nSPS) is 10.8. The summed E-state index contributed by atoms with van der Waals surface area (Å²) in [6.07, 6.45) is -0.532. The molecule has 3 N–H and O–H groups in total. The van der Waals surface area contributed by atoms with Gasteiger partial charge in [0.1, 0.15) is 0 Å². The van der Waals surface area contributed by atoms with E-state index in [0.717, 1.165) is 0 Å². The number of hydrogen-bond donors (Lipinski definition) is 3. The molecule has 0 unspecified atom stereocenters. The van der Waals surface area contributed by atoms with E-state index in [1.165, 1.54) is 7.11 Å². The van der Waals surface area contributed by atoms with Crippen molar-refractivity contribution in [1.29, 1.82) is 0 Å². The van der Waals surface area contributed by atoms with Gasteiger partial charge >= 0.3 is 6.09 Å². The topological polar surface area (TPSA) is 79.5 Å². The molecule has 20 heavy (non-hydrogen) atoms. The lowest BCUT2D eigenvalue weighted by molar-refractivity contribution is -0.121. The van der Waals surface area contributed by atoms with Crippen LogP contribution in [0.5, 0.6) is 0 Å². The zero-order valence-corrected chi connectivity index (χ0v) is 12.2. The van der Waals surface area contributed by atoms with Crippen LogP contribution >= 0.6 is 0 Å². The Morgan fingerprint density at radius 1 is 1.10 bits per heavy atom. The molecule has 0 bridgehead atoms. The zero-order chi connectivity index (χ0) is 15.2. The van der Waals surface area contributed by atoms with Gasteiger partial charge in [0.2, 0.25) is 5.91 Å². The van der Waals surface area contributed by atoms with E-state index in [4.69, 9.17) is 0 Å². The number of carbonyl (C=O) groups excluding carboxylic acids is 2. The van der Waals surface area contributed by atoms with Crippen LogP contribution in [0.2, 0.25) is 0 Å². The Kier molecular flexibility index (Phi) is 5.52. The molecule has 0 aliphatic rings. The van der Waals surface area contributed by atoms with E-state index < -0.39 is 11.6 Å². The molecule has 0 aromatic heterocycles. The van der Waals surface area contributed by atoms with Gasteiger partial charge in [-0.15, -0.1) is 0 Å². The number of carbonyl (C=O) groups is 2. The first kappa shape index (κ1) is 16.0. The van der Waals surface area contributed by atoms with Gasteiger partial charge in [0.05, 0.1) is 12.6 Å². The van der Waals surface area contributed by atoms with Crippen LogP contribution in [0.4, 0.5) is 16.2 Å². The molecular weight excluding hydrogens is 258 g/mol. The molecule has 0 heterocycles. The summed E-state index contributed by atoms with van der Waals surface area (Å²) in [5.74, 6) is -0.118. The molecule has 0 spiro atoms. The molecular formula is C14H21N3O3. The number of benzene rings is 1. The highest BCUT2D eigenvalue weighted by Crippen LogP contribution is 2.15. The van der Waals surface area contributed by atoms with Crippen molar-refractivity contribution in [3.63, 3.8) is 0 Å². The fraction of sp³-hybridized carbons (Fsp3) is 0.429. The van der Waals surface area contributed by atoms with Gasteiger partial charge in [0.25, 0.3) is 0 Å². The van der Waals surface area contributed by atoms with Crippen LogP contribution in [0.3, 0.4) is 0 Å². The van der Waals surface area contributed by atoms with Crippen LogP contribution in [0.1, 0.15) is 20.8 Å². The van der Waals surface area contributed by atoms with Crippen LogP contribution in [0.15, 0.2) is 24.3 Å². The zero-order valence-electron chi connectivity index (χ0n) is 12.2. The first-order valence-corrected chi connectivity index (χ1v) is 6.40. The molecule has 6 heteroatoms. The summed E-state index contributed by atoms with van der Waals surface area (Å²) >= 11 is 0. The fourth-order valence-corrected chi connectivity index (χ4v) is 1.62. The molecule has 6 nitrogen and oxygen atoms in total. The van der Waals surface area contributed by atoms with Gasteiger partial charge in [-0.25, -0.2) is 4.79 Å². The predicted octanol–water partition coefficient (Wildman–Crippen LogP) is 2.19. The lowest BCUT2D eigenvalue weighted by atomic mass is 10.0. The molecule has 0 fully saturated rings. The summed E-state index contributed by atoms with van der Waals surface area (Å²) < 4.78 is 4.49. The average Bonchev–Trinajstić information content (AvgIpc) is 2.40. The molecule has 110 valence electrons. The Balaban J connectivity index is 2.66. The van der Waals surface area contributed by atoms with E-state index in [2.05, 4.69) is 20.7 Å². The molecule has 0 radical (unpaired) electrons. The largest absolute Gasteiger partial charge is 0.453 e. The van der Waals surface area contributed by atoms with E-state index >= 15 is 0 Å². The van der Waals surface area contributed by atoms with Crippen molar-refractivity contribution in [1.82, 2.24) is 5.32 Å². The lowest BCUT2D eigenvalue weighted by Gasteiger charge is -2.24. The Morgan fingerprint density at radius 3 is 2.05 bits per heavy atom. The minimum absolute atomic E-state index is 0.118. The fourth-order valence-electron chi connectivity index (χ4n) is 1.62. The second-order valence-corrected chi connectivity index (χ2v) is 4.80. The number of rotatable bonds is 5. The molecule has 1 aromatic carbocycles. The highest BCUT2D eigenvalue weighted by atomic mass is 16.5. The van der Waals surface area contributed by atoms with E-state index in [-0.39, 0.29) is 5.91 Å². The number of amides is 2. The Morgan fingerprint density at radius 2 is 1.60 bits per heavy atom. The summed E-state index contributed by atoms with van der Waals surface area (Å²) in [5.41, 5.74) is 0.620. The van der Waals surface area contributed by atoms with E-state index in [1.807, 2.05) is 20.8 Å². The Hall–Kier alpha value is -2.08. The first-order chi connectivity index (χ1) is 9.39. The van der Waals surface area contributed by atoms with Crippen molar-refractivity contribution in [2.45, 2.75) is 26.3 Å². The SMILES string of the molecule is CCNC(C)(C)C(=O)Nc1ccc(NC(=O)OC)cc1. The summed E-state index contributed by atoms with van der Waals surface area (Å²) in [5, 5.41) is 8.45. The van der Waals surface area contributed by atoms with Gasteiger partial charge in [-0.05, 0) is 44.7 Å². The standard InChI is InChI=1S/C14H21N3O3/c1-5-15-14(2,3)12(18)16-10-6-8-11(9-7-10)17-13(19)20-4/h6-9,15H,5H2,1-4H3,(H,16,18)(H,17,19). The van der Waals surface area contributed by atoms with Crippen LogP contribution in [-0.2, 0) is 9.53 Å². The second kappa shape index (κ2) is 6.91. The molecule has 0 aliphatic carbocycles. The first-order valence-electron chi connectivity index (χ1n) is 6.40. The molecule has 0 aliphatic heterocycles. The monoisotopic (exact) mass is 279 g/mol. The van der Waals surface area contributed by atoms with Gasteiger partial charge in [-0.3, -0.25) is 10.1 Å². The molecule has 1 aromatic rings. The maximum atomic E-state index is 12.1. The van der Waals surface area contributed by atoms with E-state index in [9.17, 15) is 9.59 Å². The lowest BCUT2D eigenvalue weighted by Crippen LogP contribution is -2.49. The van der Waals surface area contributed by atoms with Crippen LogP contribution in [0, 0.1) is 0 Å². The third-order valence-electron chi connectivity index (χ3n) is 2.76. The van der Waals surface area contributed by atoms with Crippen LogP contribution < -0.4 is 16.0 Å². The molecule has 2 amide bonds. The number of methoxy groups -OCH3 is 1. The van der Waals surface area contributed by atoms with Gasteiger partial charge in [-0.2, -0.15) is 0 Å². The molecule has 0 atom stereocenters. The minimum Gasteiger partial charge on any atom is -0.453 e. The van der Waals surface area contributed by atoms with Gasteiger partial charge in [-0.1, -0.05) is 6.92 Å². The van der Waals surface area contributed by atoms with Crippen LogP contribution in [0.25, 0.3) is 0 Å². The number of nitrogens with one attached hydrogen (secondary N) is 3. The highest BCUT2D eigenvalue weighted by Gasteiger charge is 2.25. The molecule has 0 saturated carbocycles. The Bertz CT molecular complexity index is 469. The number of hydrogen-bond acceptors (Lipinski definition) is 4. The highest BCUT2D eigenvalue weighted by molar-refractivity contribution is 5.97. The quantitative estimate of drug-likeness (QED) is 0.772.